The minimum Gasteiger partial charge on any atom is -0.455 e. The van der Waals surface area contributed by atoms with Crippen molar-refractivity contribution in [2.75, 3.05) is 0 Å². The third-order valence-electron chi connectivity index (χ3n) is 3.02. The van der Waals surface area contributed by atoms with Gasteiger partial charge < -0.3 is 10.5 Å². The number of benzene rings is 1. The SMILES string of the molecule is CCc1nc(C)ccc1Oc1cccc(C(C)N)c1. The maximum absolute atomic E-state index is 5.93. The van der Waals surface area contributed by atoms with Crippen molar-refractivity contribution in [1.82, 2.24) is 4.98 Å². The van der Waals surface area contributed by atoms with E-state index in [2.05, 4.69) is 11.9 Å². The Balaban J connectivity index is 2.28. The van der Waals surface area contributed by atoms with Crippen molar-refractivity contribution >= 4 is 0 Å². The van der Waals surface area contributed by atoms with Crippen molar-refractivity contribution in [3.05, 3.63) is 53.3 Å². The molecule has 0 aliphatic carbocycles. The number of pyridine rings is 1. The van der Waals surface area contributed by atoms with E-state index in [0.717, 1.165) is 34.9 Å². The Kier molecular flexibility index (Phi) is 4.17. The van der Waals surface area contributed by atoms with Crippen molar-refractivity contribution in [1.29, 1.82) is 0 Å². The molecular formula is C16H20N2O. The van der Waals surface area contributed by atoms with Crippen LogP contribution in [0.3, 0.4) is 0 Å². The molecule has 2 aromatic rings. The van der Waals surface area contributed by atoms with Crippen molar-refractivity contribution in [2.24, 2.45) is 5.73 Å². The molecular weight excluding hydrogens is 236 g/mol. The minimum absolute atomic E-state index is 0.00494. The largest absolute Gasteiger partial charge is 0.455 e. The second-order valence-electron chi connectivity index (χ2n) is 4.71. The van der Waals surface area contributed by atoms with E-state index in [1.807, 2.05) is 50.2 Å². The Labute approximate surface area is 114 Å². The molecule has 1 unspecified atom stereocenters. The number of nitrogens with two attached hydrogens (primary N) is 1. The predicted molar refractivity (Wildman–Crippen MR) is 77.5 cm³/mol. The smallest absolute Gasteiger partial charge is 0.148 e. The van der Waals surface area contributed by atoms with Crippen LogP contribution in [0.2, 0.25) is 0 Å². The van der Waals surface area contributed by atoms with Crippen molar-refractivity contribution in [3.8, 4) is 11.5 Å². The highest BCUT2D eigenvalue weighted by atomic mass is 16.5. The standard InChI is InChI=1S/C16H20N2O/c1-4-15-16(9-8-11(2)18-15)19-14-7-5-6-13(10-14)12(3)17/h5-10,12H,4,17H2,1-3H3. The monoisotopic (exact) mass is 256 g/mol. The fraction of sp³-hybridized carbons (Fsp3) is 0.312. The molecule has 0 amide bonds. The number of rotatable bonds is 4. The first kappa shape index (κ1) is 13.6. The first-order valence-corrected chi connectivity index (χ1v) is 6.60. The minimum atomic E-state index is 0.00494. The topological polar surface area (TPSA) is 48.1 Å². The lowest BCUT2D eigenvalue weighted by Crippen LogP contribution is -2.04. The molecule has 0 aliphatic rings. The van der Waals surface area contributed by atoms with Crippen LogP contribution in [0.1, 0.15) is 36.8 Å². The number of ether oxygens (including phenoxy) is 1. The Bertz CT molecular complexity index is 564. The van der Waals surface area contributed by atoms with Gasteiger partial charge in [-0.25, -0.2) is 0 Å². The van der Waals surface area contributed by atoms with Crippen LogP contribution >= 0.6 is 0 Å². The summed E-state index contributed by atoms with van der Waals surface area (Å²) in [4.78, 5) is 4.50. The fourth-order valence-corrected chi connectivity index (χ4v) is 1.93. The first-order chi connectivity index (χ1) is 9.10. The highest BCUT2D eigenvalue weighted by Crippen LogP contribution is 2.26. The van der Waals surface area contributed by atoms with E-state index in [-0.39, 0.29) is 6.04 Å². The van der Waals surface area contributed by atoms with Gasteiger partial charge in [-0.15, -0.1) is 0 Å². The lowest BCUT2D eigenvalue weighted by Gasteiger charge is -2.12. The predicted octanol–water partition coefficient (Wildman–Crippen LogP) is 3.76. The van der Waals surface area contributed by atoms with E-state index in [0.29, 0.717) is 0 Å². The Morgan fingerprint density at radius 3 is 2.74 bits per heavy atom. The second kappa shape index (κ2) is 5.85. The van der Waals surface area contributed by atoms with Gasteiger partial charge in [-0.1, -0.05) is 19.1 Å². The molecule has 3 heteroatoms. The highest BCUT2D eigenvalue weighted by molar-refractivity contribution is 5.37. The molecule has 1 heterocycles. The molecule has 0 saturated heterocycles. The average molecular weight is 256 g/mol. The van der Waals surface area contributed by atoms with Crippen LogP contribution in [0.15, 0.2) is 36.4 Å². The average Bonchev–Trinajstić information content (AvgIpc) is 2.41. The van der Waals surface area contributed by atoms with Gasteiger partial charge in [-0.05, 0) is 50.1 Å². The molecule has 0 aliphatic heterocycles. The van der Waals surface area contributed by atoms with Crippen LogP contribution in [0.25, 0.3) is 0 Å². The highest BCUT2D eigenvalue weighted by Gasteiger charge is 2.07. The van der Waals surface area contributed by atoms with E-state index in [1.54, 1.807) is 0 Å². The molecule has 1 aromatic carbocycles. The summed E-state index contributed by atoms with van der Waals surface area (Å²) in [6.45, 7) is 6.02. The molecule has 0 spiro atoms. The summed E-state index contributed by atoms with van der Waals surface area (Å²) in [5, 5.41) is 0. The van der Waals surface area contributed by atoms with Crippen LogP contribution in [-0.4, -0.2) is 4.98 Å². The van der Waals surface area contributed by atoms with E-state index in [9.17, 15) is 0 Å². The lowest BCUT2D eigenvalue weighted by molar-refractivity contribution is 0.471. The summed E-state index contributed by atoms with van der Waals surface area (Å²) in [6.07, 6.45) is 0.851. The van der Waals surface area contributed by atoms with Crippen LogP contribution in [0.5, 0.6) is 11.5 Å². The van der Waals surface area contributed by atoms with Crippen molar-refractivity contribution < 1.29 is 4.74 Å². The molecule has 3 nitrogen and oxygen atoms in total. The second-order valence-corrected chi connectivity index (χ2v) is 4.71. The summed E-state index contributed by atoms with van der Waals surface area (Å²) < 4.78 is 5.93. The van der Waals surface area contributed by atoms with E-state index >= 15 is 0 Å². The summed E-state index contributed by atoms with van der Waals surface area (Å²) in [5.74, 6) is 1.62. The zero-order valence-electron chi connectivity index (χ0n) is 11.7. The van der Waals surface area contributed by atoms with Gasteiger partial charge in [0, 0.05) is 11.7 Å². The van der Waals surface area contributed by atoms with E-state index in [4.69, 9.17) is 10.5 Å². The summed E-state index contributed by atoms with van der Waals surface area (Å²) in [7, 11) is 0. The normalized spacial score (nSPS) is 12.2. The summed E-state index contributed by atoms with van der Waals surface area (Å²) >= 11 is 0. The Hall–Kier alpha value is -1.87. The van der Waals surface area contributed by atoms with Crippen LogP contribution in [0, 0.1) is 6.92 Å². The first-order valence-electron chi connectivity index (χ1n) is 6.60. The van der Waals surface area contributed by atoms with Gasteiger partial charge >= 0.3 is 0 Å². The molecule has 0 fully saturated rings. The molecule has 2 rings (SSSR count). The number of aryl methyl sites for hydroxylation is 2. The third kappa shape index (κ3) is 3.32. The van der Waals surface area contributed by atoms with Gasteiger partial charge in [-0.2, -0.15) is 0 Å². The lowest BCUT2D eigenvalue weighted by atomic mass is 10.1. The fourth-order valence-electron chi connectivity index (χ4n) is 1.93. The van der Waals surface area contributed by atoms with Gasteiger partial charge in [0.1, 0.15) is 11.5 Å². The molecule has 1 aromatic heterocycles. The van der Waals surface area contributed by atoms with Gasteiger partial charge in [-0.3, -0.25) is 4.98 Å². The zero-order chi connectivity index (χ0) is 13.8. The van der Waals surface area contributed by atoms with Crippen LogP contribution in [-0.2, 0) is 6.42 Å². The molecule has 1 atom stereocenters. The molecule has 0 radical (unpaired) electrons. The van der Waals surface area contributed by atoms with Crippen LogP contribution in [0.4, 0.5) is 0 Å². The van der Waals surface area contributed by atoms with Gasteiger partial charge in [0.05, 0.1) is 5.69 Å². The van der Waals surface area contributed by atoms with E-state index in [1.165, 1.54) is 0 Å². The molecule has 2 N–H and O–H groups in total. The summed E-state index contributed by atoms with van der Waals surface area (Å²) in [6, 6.07) is 11.8. The Morgan fingerprint density at radius 1 is 1.26 bits per heavy atom. The van der Waals surface area contributed by atoms with Crippen LogP contribution < -0.4 is 10.5 Å². The zero-order valence-corrected chi connectivity index (χ0v) is 11.7. The summed E-state index contributed by atoms with van der Waals surface area (Å²) in [5.41, 5.74) is 8.94. The van der Waals surface area contributed by atoms with Gasteiger partial charge in [0.2, 0.25) is 0 Å². The number of aromatic nitrogens is 1. The number of hydrogen-bond acceptors (Lipinski definition) is 3. The quantitative estimate of drug-likeness (QED) is 0.906. The molecule has 100 valence electrons. The van der Waals surface area contributed by atoms with Crippen molar-refractivity contribution in [2.45, 2.75) is 33.2 Å². The Morgan fingerprint density at radius 2 is 2.05 bits per heavy atom. The third-order valence-corrected chi connectivity index (χ3v) is 3.02. The molecule has 0 saturated carbocycles. The van der Waals surface area contributed by atoms with Gasteiger partial charge in [0.25, 0.3) is 0 Å². The maximum atomic E-state index is 5.93. The molecule has 0 bridgehead atoms. The van der Waals surface area contributed by atoms with E-state index < -0.39 is 0 Å². The van der Waals surface area contributed by atoms with Crippen molar-refractivity contribution in [3.63, 3.8) is 0 Å². The van der Waals surface area contributed by atoms with Gasteiger partial charge in [0.15, 0.2) is 0 Å². The number of hydrogen-bond donors (Lipinski definition) is 1. The molecule has 19 heavy (non-hydrogen) atoms. The maximum Gasteiger partial charge on any atom is 0.148 e. The number of nitrogens with zero attached hydrogens (tertiary/aromatic N) is 1.